The van der Waals surface area contributed by atoms with Crippen LogP contribution in [0.15, 0.2) is 27.6 Å². The summed E-state index contributed by atoms with van der Waals surface area (Å²) in [6.07, 6.45) is 7.42. The quantitative estimate of drug-likeness (QED) is 0.659. The standard InChI is InChI=1S/C19H28BrN3O3S/c1-23(2)19(10-4-3-5-11-19)13-21-18(24)16-12-15(8-9-17(16)20)27(25,26)22-14-6-7-14/h8-9,12,14,22H,3-7,10-11,13H2,1-2H3,(H,21,24). The van der Waals surface area contributed by atoms with Crippen LogP contribution in [0.5, 0.6) is 0 Å². The molecule has 6 nitrogen and oxygen atoms in total. The molecule has 2 N–H and O–H groups in total. The van der Waals surface area contributed by atoms with E-state index in [1.165, 1.54) is 18.6 Å². The van der Waals surface area contributed by atoms with Crippen LogP contribution >= 0.6 is 15.9 Å². The lowest BCUT2D eigenvalue weighted by molar-refractivity contribution is 0.0799. The lowest BCUT2D eigenvalue weighted by Crippen LogP contribution is -2.53. The van der Waals surface area contributed by atoms with Crippen LogP contribution in [0.2, 0.25) is 0 Å². The Morgan fingerprint density at radius 1 is 1.22 bits per heavy atom. The van der Waals surface area contributed by atoms with Gasteiger partial charge in [0.1, 0.15) is 0 Å². The van der Waals surface area contributed by atoms with E-state index in [0.29, 0.717) is 16.6 Å². The van der Waals surface area contributed by atoms with Crippen LogP contribution in [0.3, 0.4) is 0 Å². The second-order valence-electron chi connectivity index (χ2n) is 7.90. The van der Waals surface area contributed by atoms with Gasteiger partial charge < -0.3 is 10.2 Å². The summed E-state index contributed by atoms with van der Waals surface area (Å²) in [4.78, 5) is 15.1. The number of hydrogen-bond acceptors (Lipinski definition) is 4. The lowest BCUT2D eigenvalue weighted by Gasteiger charge is -2.43. The number of nitrogens with one attached hydrogen (secondary N) is 2. The van der Waals surface area contributed by atoms with Crippen LogP contribution < -0.4 is 10.0 Å². The van der Waals surface area contributed by atoms with E-state index in [2.05, 4.69) is 45.0 Å². The summed E-state index contributed by atoms with van der Waals surface area (Å²) in [5.74, 6) is -0.253. The van der Waals surface area contributed by atoms with Crippen molar-refractivity contribution in [2.45, 2.75) is 61.4 Å². The predicted molar refractivity (Wildman–Crippen MR) is 109 cm³/mol. The van der Waals surface area contributed by atoms with Gasteiger partial charge in [-0.1, -0.05) is 19.3 Å². The summed E-state index contributed by atoms with van der Waals surface area (Å²) in [6.45, 7) is 0.558. The molecule has 27 heavy (non-hydrogen) atoms. The van der Waals surface area contributed by atoms with Crippen molar-refractivity contribution in [2.75, 3.05) is 20.6 Å². The largest absolute Gasteiger partial charge is 0.350 e. The van der Waals surface area contributed by atoms with Gasteiger partial charge in [-0.2, -0.15) is 0 Å². The number of halogens is 1. The first-order valence-electron chi connectivity index (χ1n) is 9.51. The molecule has 3 rings (SSSR count). The monoisotopic (exact) mass is 457 g/mol. The molecule has 0 saturated heterocycles. The third kappa shape index (κ3) is 4.91. The van der Waals surface area contributed by atoms with Crippen LogP contribution in [0.4, 0.5) is 0 Å². The molecule has 1 amide bonds. The zero-order valence-corrected chi connectivity index (χ0v) is 18.3. The van der Waals surface area contributed by atoms with Gasteiger partial charge in [0.25, 0.3) is 5.91 Å². The highest BCUT2D eigenvalue weighted by Gasteiger charge is 2.35. The first kappa shape index (κ1) is 20.8. The van der Waals surface area contributed by atoms with Crippen molar-refractivity contribution < 1.29 is 13.2 Å². The number of hydrogen-bond donors (Lipinski definition) is 2. The SMILES string of the molecule is CN(C)C1(CNC(=O)c2cc(S(=O)(=O)NC3CC3)ccc2Br)CCCCC1. The van der Waals surface area contributed by atoms with Gasteiger partial charge in [-0.15, -0.1) is 0 Å². The van der Waals surface area contributed by atoms with Crippen LogP contribution in [0.1, 0.15) is 55.3 Å². The second-order valence-corrected chi connectivity index (χ2v) is 10.5. The minimum Gasteiger partial charge on any atom is -0.350 e. The van der Waals surface area contributed by atoms with E-state index in [0.717, 1.165) is 38.5 Å². The lowest BCUT2D eigenvalue weighted by atomic mass is 9.80. The third-order valence-electron chi connectivity index (χ3n) is 5.70. The summed E-state index contributed by atoms with van der Waals surface area (Å²) in [7, 11) is 0.530. The van der Waals surface area contributed by atoms with Crippen LogP contribution in [0, 0.1) is 0 Å². The first-order valence-corrected chi connectivity index (χ1v) is 11.8. The second kappa shape index (κ2) is 8.19. The van der Waals surface area contributed by atoms with Crippen molar-refractivity contribution in [3.8, 4) is 0 Å². The van der Waals surface area contributed by atoms with Gasteiger partial charge >= 0.3 is 0 Å². The van der Waals surface area contributed by atoms with Crippen molar-refractivity contribution in [3.05, 3.63) is 28.2 Å². The maximum absolute atomic E-state index is 12.8. The highest BCUT2D eigenvalue weighted by atomic mass is 79.9. The average molecular weight is 458 g/mol. The summed E-state index contributed by atoms with van der Waals surface area (Å²) >= 11 is 3.38. The molecule has 0 atom stereocenters. The minimum atomic E-state index is -3.59. The van der Waals surface area contributed by atoms with Crippen molar-refractivity contribution >= 4 is 31.9 Å². The summed E-state index contributed by atoms with van der Waals surface area (Å²) in [6, 6.07) is 4.63. The maximum Gasteiger partial charge on any atom is 0.252 e. The summed E-state index contributed by atoms with van der Waals surface area (Å²) in [5, 5.41) is 3.04. The molecule has 0 aliphatic heterocycles. The fourth-order valence-corrected chi connectivity index (χ4v) is 5.42. The Bertz CT molecular complexity index is 800. The fourth-order valence-electron chi connectivity index (χ4n) is 3.67. The number of rotatable bonds is 7. The Kier molecular flexibility index (Phi) is 6.30. The number of amides is 1. The number of nitrogens with zero attached hydrogens (tertiary/aromatic N) is 1. The van der Waals surface area contributed by atoms with E-state index < -0.39 is 10.0 Å². The summed E-state index contributed by atoms with van der Waals surface area (Å²) < 4.78 is 28.1. The molecule has 2 fully saturated rings. The molecular formula is C19H28BrN3O3S. The van der Waals surface area contributed by atoms with Gasteiger partial charge in [-0.05, 0) is 73.9 Å². The molecule has 0 aromatic heterocycles. The normalized spacial score (nSPS) is 19.9. The Morgan fingerprint density at radius 2 is 1.89 bits per heavy atom. The summed E-state index contributed by atoms with van der Waals surface area (Å²) in [5.41, 5.74) is 0.316. The van der Waals surface area contributed by atoms with Gasteiger partial charge in [0.2, 0.25) is 10.0 Å². The van der Waals surface area contributed by atoms with Gasteiger partial charge in [0.05, 0.1) is 10.5 Å². The Hall–Kier alpha value is -0.960. The van der Waals surface area contributed by atoms with E-state index in [4.69, 9.17) is 0 Å². The zero-order valence-electron chi connectivity index (χ0n) is 15.9. The number of carbonyl (C=O) groups excluding carboxylic acids is 1. The number of carbonyl (C=O) groups is 1. The van der Waals surface area contributed by atoms with Gasteiger partial charge in [0.15, 0.2) is 0 Å². The minimum absolute atomic E-state index is 0.0298. The molecule has 2 saturated carbocycles. The highest BCUT2D eigenvalue weighted by Crippen LogP contribution is 2.32. The molecule has 0 unspecified atom stereocenters. The predicted octanol–water partition coefficient (Wildman–Crippen LogP) is 2.88. The number of sulfonamides is 1. The maximum atomic E-state index is 12.8. The van der Waals surface area contributed by atoms with Crippen molar-refractivity contribution in [3.63, 3.8) is 0 Å². The Labute approximate surface area is 170 Å². The molecule has 2 aliphatic rings. The van der Waals surface area contributed by atoms with E-state index in [-0.39, 0.29) is 22.4 Å². The average Bonchev–Trinajstić information content (AvgIpc) is 3.44. The highest BCUT2D eigenvalue weighted by molar-refractivity contribution is 9.10. The van der Waals surface area contributed by atoms with E-state index in [1.54, 1.807) is 6.07 Å². The van der Waals surface area contributed by atoms with Crippen molar-refractivity contribution in [1.29, 1.82) is 0 Å². The zero-order chi connectivity index (χ0) is 19.7. The molecule has 1 aromatic carbocycles. The Balaban J connectivity index is 1.75. The molecule has 150 valence electrons. The van der Waals surface area contributed by atoms with E-state index >= 15 is 0 Å². The molecule has 0 radical (unpaired) electrons. The van der Waals surface area contributed by atoms with Gasteiger partial charge in [-0.3, -0.25) is 4.79 Å². The molecular weight excluding hydrogens is 430 g/mol. The van der Waals surface area contributed by atoms with Gasteiger partial charge in [0, 0.05) is 22.6 Å². The third-order valence-corrected chi connectivity index (χ3v) is 7.91. The smallest absolute Gasteiger partial charge is 0.252 e. The Morgan fingerprint density at radius 3 is 2.48 bits per heavy atom. The fraction of sp³-hybridized carbons (Fsp3) is 0.632. The van der Waals surface area contributed by atoms with Crippen LogP contribution in [-0.2, 0) is 10.0 Å². The van der Waals surface area contributed by atoms with Crippen molar-refractivity contribution in [2.24, 2.45) is 0 Å². The van der Waals surface area contributed by atoms with Crippen LogP contribution in [0.25, 0.3) is 0 Å². The topological polar surface area (TPSA) is 78.5 Å². The molecule has 8 heteroatoms. The molecule has 2 aliphatic carbocycles. The van der Waals surface area contributed by atoms with Crippen molar-refractivity contribution in [1.82, 2.24) is 14.9 Å². The van der Waals surface area contributed by atoms with E-state index in [9.17, 15) is 13.2 Å². The van der Waals surface area contributed by atoms with Crippen LogP contribution in [-0.4, -0.2) is 51.4 Å². The van der Waals surface area contributed by atoms with E-state index in [1.807, 2.05) is 0 Å². The number of likely N-dealkylation sites (N-methyl/N-ethyl adjacent to an activating group) is 1. The first-order chi connectivity index (χ1) is 12.7. The van der Waals surface area contributed by atoms with Gasteiger partial charge in [-0.25, -0.2) is 13.1 Å². The molecule has 0 bridgehead atoms. The molecule has 0 spiro atoms. The molecule has 1 aromatic rings. The molecule has 0 heterocycles. The number of benzene rings is 1.